The molecule has 164 valence electrons. The number of carbonyl (C=O) groups is 1. The van der Waals surface area contributed by atoms with Crippen molar-refractivity contribution in [3.63, 3.8) is 0 Å². The molecule has 0 atom stereocenters. The van der Waals surface area contributed by atoms with Crippen molar-refractivity contribution in [1.29, 1.82) is 0 Å². The number of carbonyl (C=O) groups excluding carboxylic acids is 1. The third kappa shape index (κ3) is 5.05. The molecule has 1 aliphatic rings. The van der Waals surface area contributed by atoms with E-state index in [-0.39, 0.29) is 4.90 Å². The highest BCUT2D eigenvalue weighted by atomic mass is 32.2. The first kappa shape index (κ1) is 21.3. The van der Waals surface area contributed by atoms with Gasteiger partial charge in [0.1, 0.15) is 10.7 Å². The number of rotatable bonds is 7. The molecule has 2 heterocycles. The fourth-order valence-corrected chi connectivity index (χ4v) is 4.61. The number of hydrogen-bond donors (Lipinski definition) is 2. The fraction of sp³-hybridized carbons (Fsp3) is 0.389. The van der Waals surface area contributed by atoms with Gasteiger partial charge in [0.2, 0.25) is 0 Å². The van der Waals surface area contributed by atoms with E-state index in [1.165, 1.54) is 28.3 Å². The summed E-state index contributed by atoms with van der Waals surface area (Å²) in [5.41, 5.74) is 1.07. The predicted octanol–water partition coefficient (Wildman–Crippen LogP) is 2.35. The summed E-state index contributed by atoms with van der Waals surface area (Å²) in [7, 11) is -3.65. The van der Waals surface area contributed by atoms with Gasteiger partial charge >= 0.3 is 6.03 Å². The molecule has 0 saturated heterocycles. The predicted molar refractivity (Wildman–Crippen MR) is 112 cm³/mol. The first-order chi connectivity index (χ1) is 14.7. The van der Waals surface area contributed by atoms with Crippen LogP contribution in [0.4, 0.5) is 14.3 Å². The van der Waals surface area contributed by atoms with E-state index in [0.29, 0.717) is 40.3 Å². The lowest BCUT2D eigenvalue weighted by Crippen LogP contribution is -2.31. The number of nitrogens with one attached hydrogen (secondary N) is 2. The number of anilines is 1. The van der Waals surface area contributed by atoms with Crippen molar-refractivity contribution in [3.8, 4) is 10.4 Å². The summed E-state index contributed by atoms with van der Waals surface area (Å²) in [4.78, 5) is 18.2. The summed E-state index contributed by atoms with van der Waals surface area (Å²) in [5, 5.41) is 17.9. The first-order valence-corrected chi connectivity index (χ1v) is 12.2. The van der Waals surface area contributed by atoms with Crippen LogP contribution >= 0.6 is 11.3 Å². The Morgan fingerprint density at radius 1 is 1.35 bits per heavy atom. The summed E-state index contributed by atoms with van der Waals surface area (Å²) >= 11 is 1.17. The molecule has 0 bridgehead atoms. The van der Waals surface area contributed by atoms with E-state index in [1.807, 2.05) is 0 Å². The summed E-state index contributed by atoms with van der Waals surface area (Å²) < 4.78 is 37.4. The quantitative estimate of drug-likeness (QED) is 0.547. The van der Waals surface area contributed by atoms with E-state index in [9.17, 15) is 17.6 Å². The standard InChI is InChI=1S/C18H20FN7O3S2/c1-10-15(12-5-6-14(13(19)9-12)31(2,28)29)30-18(21-10)22-17(27)20-7-8-26-24-16(23-25-26)11-3-4-11/h5-6,9,11H,3-4,7-8H2,1-2H3,(H2,20,21,22,27). The van der Waals surface area contributed by atoms with Gasteiger partial charge in [0.05, 0.1) is 17.1 Å². The van der Waals surface area contributed by atoms with Crippen LogP contribution in [0.2, 0.25) is 0 Å². The molecule has 2 N–H and O–H groups in total. The molecule has 1 fully saturated rings. The highest BCUT2D eigenvalue weighted by Crippen LogP contribution is 2.37. The maximum Gasteiger partial charge on any atom is 0.321 e. The molecular formula is C18H20FN7O3S2. The number of hydrogen-bond acceptors (Lipinski definition) is 8. The highest BCUT2D eigenvalue weighted by Gasteiger charge is 2.28. The molecule has 0 radical (unpaired) electrons. The minimum atomic E-state index is -3.65. The highest BCUT2D eigenvalue weighted by molar-refractivity contribution is 7.90. The van der Waals surface area contributed by atoms with Crippen molar-refractivity contribution in [2.75, 3.05) is 18.1 Å². The van der Waals surface area contributed by atoms with Gasteiger partial charge in [-0.25, -0.2) is 22.6 Å². The summed E-state index contributed by atoms with van der Waals surface area (Å²) in [6.45, 7) is 2.42. The molecule has 3 aromatic rings. The number of urea groups is 1. The fourth-order valence-electron chi connectivity index (χ4n) is 2.93. The Bertz CT molecular complexity index is 1230. The average molecular weight is 466 g/mol. The van der Waals surface area contributed by atoms with Crippen LogP contribution in [0, 0.1) is 12.7 Å². The smallest absolute Gasteiger partial charge is 0.321 e. The van der Waals surface area contributed by atoms with E-state index in [4.69, 9.17) is 0 Å². The molecule has 1 aliphatic carbocycles. The lowest BCUT2D eigenvalue weighted by molar-refractivity contribution is 0.251. The van der Waals surface area contributed by atoms with Crippen molar-refractivity contribution in [2.24, 2.45) is 0 Å². The second-order valence-corrected chi connectivity index (χ2v) is 10.2. The van der Waals surface area contributed by atoms with Crippen molar-refractivity contribution < 1.29 is 17.6 Å². The lowest BCUT2D eigenvalue weighted by atomic mass is 10.1. The van der Waals surface area contributed by atoms with Gasteiger partial charge < -0.3 is 5.32 Å². The van der Waals surface area contributed by atoms with Crippen molar-refractivity contribution in [1.82, 2.24) is 30.5 Å². The van der Waals surface area contributed by atoms with Crippen LogP contribution in [0.5, 0.6) is 0 Å². The second kappa shape index (κ2) is 8.30. The summed E-state index contributed by atoms with van der Waals surface area (Å²) in [6.07, 6.45) is 3.14. The van der Waals surface area contributed by atoms with Crippen LogP contribution in [0.25, 0.3) is 10.4 Å². The SMILES string of the molecule is Cc1nc(NC(=O)NCCn2nnc(C3CC3)n2)sc1-c1ccc(S(C)(=O)=O)c(F)c1. The number of nitrogens with zero attached hydrogens (tertiary/aromatic N) is 5. The molecule has 1 aromatic carbocycles. The maximum absolute atomic E-state index is 14.2. The molecule has 0 aliphatic heterocycles. The Balaban J connectivity index is 1.35. The Labute approximate surface area is 181 Å². The van der Waals surface area contributed by atoms with E-state index in [2.05, 4.69) is 31.0 Å². The maximum atomic E-state index is 14.2. The van der Waals surface area contributed by atoms with Gasteiger partial charge in [-0.1, -0.05) is 17.4 Å². The van der Waals surface area contributed by atoms with Gasteiger partial charge in [-0.15, -0.1) is 10.2 Å². The largest absolute Gasteiger partial charge is 0.336 e. The minimum absolute atomic E-state index is 0.307. The van der Waals surface area contributed by atoms with Crippen LogP contribution < -0.4 is 10.6 Å². The van der Waals surface area contributed by atoms with Gasteiger partial charge in [-0.05, 0) is 42.7 Å². The van der Waals surface area contributed by atoms with Gasteiger partial charge in [-0.2, -0.15) is 4.80 Å². The third-order valence-corrected chi connectivity index (χ3v) is 6.87. The number of aryl methyl sites for hydroxylation is 1. The van der Waals surface area contributed by atoms with Crippen molar-refractivity contribution in [3.05, 3.63) is 35.5 Å². The van der Waals surface area contributed by atoms with E-state index in [0.717, 1.165) is 31.0 Å². The number of sulfone groups is 1. The minimum Gasteiger partial charge on any atom is -0.336 e. The van der Waals surface area contributed by atoms with E-state index in [1.54, 1.807) is 6.92 Å². The molecule has 2 amide bonds. The summed E-state index contributed by atoms with van der Waals surface area (Å²) in [5.74, 6) is 0.339. The molecule has 2 aromatic heterocycles. The average Bonchev–Trinajstić information content (AvgIpc) is 3.32. The molecule has 0 unspecified atom stereocenters. The number of thiazole rings is 1. The zero-order valence-corrected chi connectivity index (χ0v) is 18.4. The number of aromatic nitrogens is 5. The van der Waals surface area contributed by atoms with Crippen LogP contribution in [-0.4, -0.2) is 52.4 Å². The van der Waals surface area contributed by atoms with Crippen molar-refractivity contribution in [2.45, 2.75) is 37.1 Å². The van der Waals surface area contributed by atoms with Crippen LogP contribution in [-0.2, 0) is 16.4 Å². The Kier molecular flexibility index (Phi) is 5.71. The normalized spacial score (nSPS) is 13.9. The molecule has 13 heteroatoms. The van der Waals surface area contributed by atoms with Gasteiger partial charge in [0.15, 0.2) is 20.8 Å². The topological polar surface area (TPSA) is 132 Å². The first-order valence-electron chi connectivity index (χ1n) is 9.50. The molecule has 0 spiro atoms. The Hall–Kier alpha value is -2.93. The molecule has 4 rings (SSSR count). The second-order valence-electron chi connectivity index (χ2n) is 7.25. The van der Waals surface area contributed by atoms with Gasteiger partial charge in [0, 0.05) is 18.7 Å². The number of halogens is 1. The lowest BCUT2D eigenvalue weighted by Gasteiger charge is -2.04. The van der Waals surface area contributed by atoms with E-state index >= 15 is 0 Å². The number of tetrazole rings is 1. The number of benzene rings is 1. The molecule has 31 heavy (non-hydrogen) atoms. The molecular weight excluding hydrogens is 445 g/mol. The molecule has 10 nitrogen and oxygen atoms in total. The van der Waals surface area contributed by atoms with Gasteiger partial charge in [0.25, 0.3) is 0 Å². The zero-order chi connectivity index (χ0) is 22.2. The number of amides is 2. The molecule has 1 saturated carbocycles. The zero-order valence-electron chi connectivity index (χ0n) is 16.8. The Morgan fingerprint density at radius 3 is 2.81 bits per heavy atom. The van der Waals surface area contributed by atoms with Crippen LogP contribution in [0.15, 0.2) is 23.1 Å². The monoisotopic (exact) mass is 465 g/mol. The third-order valence-electron chi connectivity index (χ3n) is 4.62. The van der Waals surface area contributed by atoms with Gasteiger partial charge in [-0.3, -0.25) is 5.32 Å². The van der Waals surface area contributed by atoms with E-state index < -0.39 is 21.7 Å². The summed E-state index contributed by atoms with van der Waals surface area (Å²) in [6, 6.07) is 3.46. The van der Waals surface area contributed by atoms with Crippen LogP contribution in [0.1, 0.15) is 30.3 Å². The van der Waals surface area contributed by atoms with Crippen LogP contribution in [0.3, 0.4) is 0 Å². The Morgan fingerprint density at radius 2 is 2.13 bits per heavy atom. The van der Waals surface area contributed by atoms with Crippen molar-refractivity contribution >= 4 is 32.3 Å².